The number of hydrogen-bond donors (Lipinski definition) is 0. The van der Waals surface area contributed by atoms with Crippen LogP contribution in [0.3, 0.4) is 0 Å². The molecule has 2 aromatic carbocycles. The van der Waals surface area contributed by atoms with Crippen LogP contribution in [0.15, 0.2) is 54.7 Å². The Kier molecular flexibility index (Phi) is 6.47. The number of likely N-dealkylation sites (N-methyl/N-ethyl adjacent to an activating group) is 2. The van der Waals surface area contributed by atoms with Crippen LogP contribution in [0.5, 0.6) is 0 Å². The molecule has 6 heteroatoms. The number of hydrogen-bond acceptors (Lipinski definition) is 5. The predicted octanol–water partition coefficient (Wildman–Crippen LogP) is 3.68. The molecule has 0 unspecified atom stereocenters. The van der Waals surface area contributed by atoms with Crippen LogP contribution in [0, 0.1) is 0 Å². The predicted molar refractivity (Wildman–Crippen MR) is 126 cm³/mol. The van der Waals surface area contributed by atoms with Gasteiger partial charge in [0.25, 0.3) is 0 Å². The average molecular weight is 418 g/mol. The van der Waals surface area contributed by atoms with E-state index in [4.69, 9.17) is 4.98 Å². The van der Waals surface area contributed by atoms with Gasteiger partial charge in [-0.05, 0) is 36.4 Å². The van der Waals surface area contributed by atoms with Crippen molar-refractivity contribution in [3.63, 3.8) is 0 Å². The largest absolute Gasteiger partial charge is 0.344 e. The molecule has 1 atom stereocenters. The summed E-state index contributed by atoms with van der Waals surface area (Å²) in [5.41, 5.74) is 2.06. The Balaban J connectivity index is 1.42. The Morgan fingerprint density at radius 1 is 1.10 bits per heavy atom. The standard InChI is InChI=1S/C25H31N5O/c1-4-24(31)29(3)16-15-28(2)22-12-14-30(18-22)25-26-13-11-23(27-25)21-10-9-19-7-5-6-8-20(19)17-21/h5-11,13,17,22H,4,12,14-16,18H2,1-3H3/t22-/m1/s1. The molecule has 0 aliphatic carbocycles. The lowest BCUT2D eigenvalue weighted by Crippen LogP contribution is -2.40. The summed E-state index contributed by atoms with van der Waals surface area (Å²) in [5, 5.41) is 2.45. The van der Waals surface area contributed by atoms with Crippen molar-refractivity contribution >= 4 is 22.6 Å². The lowest BCUT2D eigenvalue weighted by atomic mass is 10.1. The molecule has 6 nitrogen and oxygen atoms in total. The van der Waals surface area contributed by atoms with Gasteiger partial charge in [0, 0.05) is 57.4 Å². The minimum absolute atomic E-state index is 0.195. The minimum Gasteiger partial charge on any atom is -0.344 e. The first-order valence-electron chi connectivity index (χ1n) is 11.1. The van der Waals surface area contributed by atoms with Crippen molar-refractivity contribution in [2.45, 2.75) is 25.8 Å². The molecule has 4 rings (SSSR count). The Hall–Kier alpha value is -2.99. The third kappa shape index (κ3) is 4.85. The molecule has 1 aliphatic rings. The summed E-state index contributed by atoms with van der Waals surface area (Å²) < 4.78 is 0. The van der Waals surface area contributed by atoms with Gasteiger partial charge in [-0.15, -0.1) is 0 Å². The molecular formula is C25H31N5O. The highest BCUT2D eigenvalue weighted by Gasteiger charge is 2.27. The summed E-state index contributed by atoms with van der Waals surface area (Å²) in [6.45, 7) is 5.39. The van der Waals surface area contributed by atoms with Gasteiger partial charge in [0.1, 0.15) is 0 Å². The second kappa shape index (κ2) is 9.43. The van der Waals surface area contributed by atoms with E-state index >= 15 is 0 Å². The number of anilines is 1. The molecule has 31 heavy (non-hydrogen) atoms. The van der Waals surface area contributed by atoms with E-state index in [1.54, 1.807) is 0 Å². The highest BCUT2D eigenvalue weighted by molar-refractivity contribution is 5.86. The fourth-order valence-electron chi connectivity index (χ4n) is 4.18. The van der Waals surface area contributed by atoms with E-state index in [1.165, 1.54) is 10.8 Å². The molecule has 0 radical (unpaired) electrons. The summed E-state index contributed by atoms with van der Waals surface area (Å²) in [6.07, 6.45) is 3.49. The summed E-state index contributed by atoms with van der Waals surface area (Å²) >= 11 is 0. The van der Waals surface area contributed by atoms with Crippen LogP contribution in [0.1, 0.15) is 19.8 Å². The highest BCUT2D eigenvalue weighted by Crippen LogP contribution is 2.25. The molecule has 1 fully saturated rings. The number of amides is 1. The van der Waals surface area contributed by atoms with E-state index in [-0.39, 0.29) is 5.91 Å². The van der Waals surface area contributed by atoms with Gasteiger partial charge in [0.15, 0.2) is 0 Å². The zero-order valence-corrected chi connectivity index (χ0v) is 18.7. The summed E-state index contributed by atoms with van der Waals surface area (Å²) in [4.78, 5) is 27.7. The van der Waals surface area contributed by atoms with Crippen molar-refractivity contribution < 1.29 is 4.79 Å². The highest BCUT2D eigenvalue weighted by atomic mass is 16.2. The van der Waals surface area contributed by atoms with Gasteiger partial charge >= 0.3 is 0 Å². The lowest BCUT2D eigenvalue weighted by Gasteiger charge is -2.27. The quantitative estimate of drug-likeness (QED) is 0.587. The summed E-state index contributed by atoms with van der Waals surface area (Å²) in [7, 11) is 4.03. The van der Waals surface area contributed by atoms with Crippen molar-refractivity contribution in [1.82, 2.24) is 19.8 Å². The second-order valence-corrected chi connectivity index (χ2v) is 8.34. The van der Waals surface area contributed by atoms with E-state index in [9.17, 15) is 4.79 Å². The molecule has 1 aromatic heterocycles. The van der Waals surface area contributed by atoms with Crippen molar-refractivity contribution in [3.05, 3.63) is 54.7 Å². The first-order chi connectivity index (χ1) is 15.0. The molecule has 1 aliphatic heterocycles. The van der Waals surface area contributed by atoms with Crippen molar-refractivity contribution in [2.24, 2.45) is 0 Å². The molecule has 0 N–H and O–H groups in total. The lowest BCUT2D eigenvalue weighted by molar-refractivity contribution is -0.129. The second-order valence-electron chi connectivity index (χ2n) is 8.34. The van der Waals surface area contributed by atoms with Crippen molar-refractivity contribution in [2.75, 3.05) is 45.2 Å². The van der Waals surface area contributed by atoms with Gasteiger partial charge < -0.3 is 9.80 Å². The van der Waals surface area contributed by atoms with Crippen LogP contribution in [-0.4, -0.2) is 72.0 Å². The fraction of sp³-hybridized carbons (Fsp3) is 0.400. The smallest absolute Gasteiger partial charge is 0.225 e. The third-order valence-electron chi connectivity index (χ3n) is 6.27. The SMILES string of the molecule is CCC(=O)N(C)CCN(C)[C@@H]1CCN(c2nccc(-c3ccc4ccccc4c3)n2)C1. The minimum atomic E-state index is 0.195. The number of aromatic nitrogens is 2. The van der Waals surface area contributed by atoms with Crippen LogP contribution in [0.4, 0.5) is 5.95 Å². The van der Waals surface area contributed by atoms with E-state index < -0.39 is 0 Å². The molecule has 3 aromatic rings. The summed E-state index contributed by atoms with van der Waals surface area (Å²) in [5.74, 6) is 0.986. The summed E-state index contributed by atoms with van der Waals surface area (Å²) in [6, 6.07) is 17.3. The number of rotatable bonds is 7. The Bertz CT molecular complexity index is 1050. The normalized spacial score (nSPS) is 16.3. The van der Waals surface area contributed by atoms with Crippen molar-refractivity contribution in [1.29, 1.82) is 0 Å². The third-order valence-corrected chi connectivity index (χ3v) is 6.27. The molecule has 1 saturated heterocycles. The van der Waals surface area contributed by atoms with Gasteiger partial charge in [-0.25, -0.2) is 9.97 Å². The molecule has 162 valence electrons. The van der Waals surface area contributed by atoms with Gasteiger partial charge in [-0.2, -0.15) is 0 Å². The topological polar surface area (TPSA) is 52.6 Å². The number of carbonyl (C=O) groups excluding carboxylic acids is 1. The van der Waals surface area contributed by atoms with E-state index in [2.05, 4.69) is 64.3 Å². The van der Waals surface area contributed by atoms with Gasteiger partial charge in [-0.1, -0.05) is 43.3 Å². The van der Waals surface area contributed by atoms with Crippen LogP contribution in [0.25, 0.3) is 22.0 Å². The molecule has 0 bridgehead atoms. The van der Waals surface area contributed by atoms with Crippen LogP contribution in [-0.2, 0) is 4.79 Å². The number of nitrogens with zero attached hydrogens (tertiary/aromatic N) is 5. The first-order valence-corrected chi connectivity index (χ1v) is 11.1. The molecular weight excluding hydrogens is 386 g/mol. The van der Waals surface area contributed by atoms with Gasteiger partial charge in [0.05, 0.1) is 5.69 Å². The maximum atomic E-state index is 11.8. The Morgan fingerprint density at radius 2 is 1.90 bits per heavy atom. The van der Waals surface area contributed by atoms with Crippen LogP contribution in [0.2, 0.25) is 0 Å². The maximum absolute atomic E-state index is 11.8. The Morgan fingerprint density at radius 3 is 2.71 bits per heavy atom. The van der Waals surface area contributed by atoms with E-state index in [0.717, 1.165) is 49.8 Å². The van der Waals surface area contributed by atoms with Crippen LogP contribution >= 0.6 is 0 Å². The van der Waals surface area contributed by atoms with Crippen molar-refractivity contribution in [3.8, 4) is 11.3 Å². The first kappa shape index (κ1) is 21.2. The van der Waals surface area contributed by atoms with Crippen LogP contribution < -0.4 is 4.90 Å². The zero-order chi connectivity index (χ0) is 21.8. The van der Waals surface area contributed by atoms with Gasteiger partial charge in [-0.3, -0.25) is 9.69 Å². The monoisotopic (exact) mass is 417 g/mol. The fourth-order valence-corrected chi connectivity index (χ4v) is 4.18. The molecule has 1 amide bonds. The molecule has 0 saturated carbocycles. The number of benzene rings is 2. The van der Waals surface area contributed by atoms with E-state index in [0.29, 0.717) is 12.5 Å². The zero-order valence-electron chi connectivity index (χ0n) is 18.7. The number of carbonyl (C=O) groups is 1. The average Bonchev–Trinajstić information content (AvgIpc) is 3.32. The number of fused-ring (bicyclic) bond motifs is 1. The molecule has 0 spiro atoms. The van der Waals surface area contributed by atoms with E-state index in [1.807, 2.05) is 31.1 Å². The molecule has 2 heterocycles. The van der Waals surface area contributed by atoms with Gasteiger partial charge in [0.2, 0.25) is 11.9 Å². The Labute approximate surface area is 184 Å². The maximum Gasteiger partial charge on any atom is 0.225 e.